The van der Waals surface area contributed by atoms with Crippen molar-refractivity contribution in [2.24, 2.45) is 22.7 Å². The third-order valence-electron chi connectivity index (χ3n) is 8.27. The van der Waals surface area contributed by atoms with E-state index in [0.29, 0.717) is 25.7 Å². The predicted octanol–water partition coefficient (Wildman–Crippen LogP) is 6.31. The van der Waals surface area contributed by atoms with Gasteiger partial charge >= 0.3 is 12.4 Å². The second-order valence-corrected chi connectivity index (χ2v) is 11.4. The van der Waals surface area contributed by atoms with Gasteiger partial charge in [-0.05, 0) is 87.5 Å². The Kier molecular flexibility index (Phi) is 8.05. The lowest BCUT2D eigenvalue weighted by molar-refractivity contribution is -0.347. The molecule has 0 aromatic carbocycles. The molecule has 0 aromatic rings. The molecule has 0 aliphatic heterocycles. The molecule has 3 N–H and O–H groups in total. The summed E-state index contributed by atoms with van der Waals surface area (Å²) in [5.41, 5.74) is -6.76. The van der Waals surface area contributed by atoms with Crippen LogP contribution in [-0.4, -0.2) is 45.0 Å². The van der Waals surface area contributed by atoms with Crippen LogP contribution in [-0.2, 0) is 0 Å². The molecule has 9 heteroatoms. The molecule has 194 valence electrons. The number of halogens is 6. The van der Waals surface area contributed by atoms with E-state index in [2.05, 4.69) is 6.92 Å². The average Bonchev–Trinajstić information content (AvgIpc) is 2.97. The zero-order valence-corrected chi connectivity index (χ0v) is 19.9. The van der Waals surface area contributed by atoms with Gasteiger partial charge in [-0.1, -0.05) is 32.8 Å². The standard InChI is InChI=1S/C24H38F6O3/c1-19(2,32)11-6-12-20(3,13-7-15-22(33,23(25,26)27)24(28,29)30)18-10-9-16-17(31)8-5-14-21(16,18)4/h7,15-18,31-33H,5-6,8-14H2,1-4H3/b15-7+/t16?,17-,18+,20+,21?/m0/s1. The maximum atomic E-state index is 13.1. The molecule has 33 heavy (non-hydrogen) atoms. The predicted molar refractivity (Wildman–Crippen MR) is 113 cm³/mol. The van der Waals surface area contributed by atoms with Gasteiger partial charge in [0.15, 0.2) is 0 Å². The second-order valence-electron chi connectivity index (χ2n) is 11.4. The van der Waals surface area contributed by atoms with Gasteiger partial charge in [-0.15, -0.1) is 0 Å². The van der Waals surface area contributed by atoms with Crippen molar-refractivity contribution < 1.29 is 41.7 Å². The maximum absolute atomic E-state index is 13.1. The van der Waals surface area contributed by atoms with Crippen LogP contribution >= 0.6 is 0 Å². The third-order valence-corrected chi connectivity index (χ3v) is 8.27. The Morgan fingerprint density at radius 3 is 2.00 bits per heavy atom. The highest BCUT2D eigenvalue weighted by Crippen LogP contribution is 2.62. The zero-order valence-electron chi connectivity index (χ0n) is 19.9. The Hall–Kier alpha value is -0.800. The summed E-state index contributed by atoms with van der Waals surface area (Å²) in [6, 6.07) is 0. The Morgan fingerprint density at radius 2 is 1.48 bits per heavy atom. The fraction of sp³-hybridized carbons (Fsp3) is 0.917. The summed E-state index contributed by atoms with van der Waals surface area (Å²) in [5, 5.41) is 30.1. The number of rotatable bonds is 8. The molecule has 0 bridgehead atoms. The monoisotopic (exact) mass is 488 g/mol. The van der Waals surface area contributed by atoms with Crippen LogP contribution in [0, 0.1) is 22.7 Å². The lowest BCUT2D eigenvalue weighted by Gasteiger charge is -2.50. The highest BCUT2D eigenvalue weighted by molar-refractivity contribution is 5.13. The van der Waals surface area contributed by atoms with Crippen LogP contribution in [0.25, 0.3) is 0 Å². The molecule has 0 spiro atoms. The SMILES string of the molecule is CC(C)(O)CCC[C@](C)(C/C=C/C(O)(C(F)(F)F)C(F)(F)F)[C@H]1CCC2[C@@H](O)CCCC21C. The van der Waals surface area contributed by atoms with E-state index in [4.69, 9.17) is 0 Å². The van der Waals surface area contributed by atoms with Gasteiger partial charge in [0.2, 0.25) is 0 Å². The summed E-state index contributed by atoms with van der Waals surface area (Å²) < 4.78 is 78.6. The van der Waals surface area contributed by atoms with Gasteiger partial charge in [0.25, 0.3) is 5.60 Å². The van der Waals surface area contributed by atoms with Gasteiger partial charge in [-0.25, -0.2) is 0 Å². The van der Waals surface area contributed by atoms with Crippen molar-refractivity contribution >= 4 is 0 Å². The maximum Gasteiger partial charge on any atom is 0.429 e. The summed E-state index contributed by atoms with van der Waals surface area (Å²) in [5.74, 6) is 0.0393. The van der Waals surface area contributed by atoms with Crippen LogP contribution in [0.1, 0.15) is 85.5 Å². The van der Waals surface area contributed by atoms with Crippen molar-refractivity contribution in [1.29, 1.82) is 0 Å². The van der Waals surface area contributed by atoms with Crippen molar-refractivity contribution in [2.45, 2.75) is 115 Å². The smallest absolute Gasteiger partial charge is 0.393 e. The number of allylic oxidation sites excluding steroid dienone is 1. The van der Waals surface area contributed by atoms with Crippen LogP contribution < -0.4 is 0 Å². The average molecular weight is 489 g/mol. The molecule has 2 aliphatic carbocycles. The van der Waals surface area contributed by atoms with Crippen LogP contribution in [0.2, 0.25) is 0 Å². The second kappa shape index (κ2) is 9.34. The molecule has 2 rings (SSSR count). The van der Waals surface area contributed by atoms with Crippen molar-refractivity contribution in [3.63, 3.8) is 0 Å². The molecule has 2 aliphatic rings. The van der Waals surface area contributed by atoms with Crippen LogP contribution in [0.3, 0.4) is 0 Å². The zero-order chi connectivity index (χ0) is 25.5. The minimum atomic E-state index is -5.89. The minimum Gasteiger partial charge on any atom is -0.393 e. The molecule has 2 unspecified atom stereocenters. The van der Waals surface area contributed by atoms with Gasteiger partial charge in [0.05, 0.1) is 11.7 Å². The van der Waals surface area contributed by atoms with E-state index in [-0.39, 0.29) is 29.7 Å². The first-order valence-electron chi connectivity index (χ1n) is 11.7. The normalized spacial score (nSPS) is 31.6. The van der Waals surface area contributed by atoms with Gasteiger partial charge in [-0.2, -0.15) is 26.3 Å². The number of alkyl halides is 6. The molecule has 0 heterocycles. The minimum absolute atomic E-state index is 0.0127. The first kappa shape index (κ1) is 28.4. The summed E-state index contributed by atoms with van der Waals surface area (Å²) in [7, 11) is 0. The van der Waals surface area contributed by atoms with E-state index < -0.39 is 35.1 Å². The Bertz CT molecular complexity index is 682. The largest absolute Gasteiger partial charge is 0.429 e. The molecular weight excluding hydrogens is 450 g/mol. The summed E-state index contributed by atoms with van der Waals surface area (Å²) >= 11 is 0. The topological polar surface area (TPSA) is 60.7 Å². The Labute approximate surface area is 192 Å². The van der Waals surface area contributed by atoms with E-state index in [1.165, 1.54) is 0 Å². The van der Waals surface area contributed by atoms with Crippen molar-refractivity contribution in [1.82, 2.24) is 0 Å². The van der Waals surface area contributed by atoms with Gasteiger partial charge in [0.1, 0.15) is 0 Å². The molecule has 3 nitrogen and oxygen atoms in total. The molecule has 2 fully saturated rings. The highest BCUT2D eigenvalue weighted by atomic mass is 19.4. The van der Waals surface area contributed by atoms with E-state index in [9.17, 15) is 41.7 Å². The molecule has 0 saturated heterocycles. The number of hydrogen-bond acceptors (Lipinski definition) is 3. The molecule has 0 amide bonds. The third kappa shape index (κ3) is 5.89. The molecular formula is C24H38F6O3. The summed E-state index contributed by atoms with van der Waals surface area (Å²) in [4.78, 5) is 0. The highest BCUT2D eigenvalue weighted by Gasteiger charge is 2.69. The first-order chi connectivity index (χ1) is 14.8. The Morgan fingerprint density at radius 1 is 0.909 bits per heavy atom. The van der Waals surface area contributed by atoms with Crippen molar-refractivity contribution in [3.8, 4) is 0 Å². The van der Waals surface area contributed by atoms with Crippen molar-refractivity contribution in [2.75, 3.05) is 0 Å². The lowest BCUT2D eigenvalue weighted by atomic mass is 9.56. The van der Waals surface area contributed by atoms with E-state index in [1.54, 1.807) is 13.8 Å². The number of fused-ring (bicyclic) bond motifs is 1. The lowest BCUT2D eigenvalue weighted by Crippen LogP contribution is -2.55. The van der Waals surface area contributed by atoms with Gasteiger partial charge < -0.3 is 15.3 Å². The molecule has 2 saturated carbocycles. The number of hydrogen-bond donors (Lipinski definition) is 3. The van der Waals surface area contributed by atoms with Crippen LogP contribution in [0.5, 0.6) is 0 Å². The van der Waals surface area contributed by atoms with Crippen LogP contribution in [0.15, 0.2) is 12.2 Å². The molecule has 5 atom stereocenters. The first-order valence-corrected chi connectivity index (χ1v) is 11.7. The quantitative estimate of drug-likeness (QED) is 0.277. The molecule has 0 aromatic heterocycles. The van der Waals surface area contributed by atoms with Crippen LogP contribution in [0.4, 0.5) is 26.3 Å². The Balaban J connectivity index is 2.35. The number of aliphatic hydroxyl groups is 3. The van der Waals surface area contributed by atoms with Gasteiger partial charge in [0, 0.05) is 0 Å². The summed E-state index contributed by atoms with van der Waals surface area (Å²) in [6.45, 7) is 7.27. The van der Waals surface area contributed by atoms with E-state index in [0.717, 1.165) is 31.8 Å². The summed E-state index contributed by atoms with van der Waals surface area (Å²) in [6.07, 6.45) is -6.29. The fourth-order valence-electron chi connectivity index (χ4n) is 6.49. The van der Waals surface area contributed by atoms with Crippen molar-refractivity contribution in [3.05, 3.63) is 12.2 Å². The van der Waals surface area contributed by atoms with Gasteiger partial charge in [-0.3, -0.25) is 0 Å². The van der Waals surface area contributed by atoms with E-state index >= 15 is 0 Å². The fourth-order valence-corrected chi connectivity index (χ4v) is 6.49. The number of aliphatic hydroxyl groups excluding tert-OH is 1. The molecule has 0 radical (unpaired) electrons. The van der Waals surface area contributed by atoms with E-state index in [1.807, 2.05) is 6.92 Å².